The molecule has 228 valence electrons. The first-order valence-corrected chi connectivity index (χ1v) is 15.4. The number of rotatable bonds is 12. The first-order chi connectivity index (χ1) is 20.2. The number of benzene rings is 3. The lowest BCUT2D eigenvalue weighted by Crippen LogP contribution is -2.10. The van der Waals surface area contributed by atoms with Gasteiger partial charge in [-0.25, -0.2) is 4.79 Å². The van der Waals surface area contributed by atoms with Crippen molar-refractivity contribution in [3.05, 3.63) is 112 Å². The number of aryl methyl sites for hydroxylation is 1. The molecule has 3 aromatic rings. The molecule has 0 spiro atoms. The van der Waals surface area contributed by atoms with Gasteiger partial charge in [-0.15, -0.1) is 0 Å². The van der Waals surface area contributed by atoms with E-state index in [9.17, 15) is 4.79 Å². The molecule has 0 aromatic heterocycles. The topological polar surface area (TPSA) is 35.5 Å². The second kappa shape index (κ2) is 15.0. The summed E-state index contributed by atoms with van der Waals surface area (Å²) < 4.78 is 11.6. The molecule has 0 aliphatic carbocycles. The lowest BCUT2D eigenvalue weighted by molar-refractivity contribution is -0.139. The fourth-order valence-corrected chi connectivity index (χ4v) is 4.57. The summed E-state index contributed by atoms with van der Waals surface area (Å²) in [6, 6.07) is 21.9. The highest BCUT2D eigenvalue weighted by Gasteiger charge is 2.14. The molecule has 0 N–H and O–H groups in total. The van der Waals surface area contributed by atoms with Crippen LogP contribution >= 0.6 is 0 Å². The van der Waals surface area contributed by atoms with E-state index in [0.29, 0.717) is 18.8 Å². The van der Waals surface area contributed by atoms with Crippen LogP contribution in [0, 0.1) is 6.92 Å². The molecular weight excluding hydrogens is 528 g/mol. The van der Waals surface area contributed by atoms with Crippen LogP contribution in [0.15, 0.2) is 72.8 Å². The highest BCUT2D eigenvalue weighted by atomic mass is 16.5. The van der Waals surface area contributed by atoms with Gasteiger partial charge in [-0.05, 0) is 89.5 Å². The van der Waals surface area contributed by atoms with E-state index in [4.69, 9.17) is 9.47 Å². The van der Waals surface area contributed by atoms with Crippen molar-refractivity contribution in [1.82, 2.24) is 0 Å². The van der Waals surface area contributed by atoms with Crippen LogP contribution in [-0.2, 0) is 20.4 Å². The van der Waals surface area contributed by atoms with E-state index >= 15 is 0 Å². The number of esters is 1. The summed E-state index contributed by atoms with van der Waals surface area (Å²) in [6.07, 6.45) is 11.2. The highest BCUT2D eigenvalue weighted by Crippen LogP contribution is 2.29. The van der Waals surface area contributed by atoms with Crippen molar-refractivity contribution in [1.29, 1.82) is 0 Å². The molecule has 3 nitrogen and oxygen atoms in total. The van der Waals surface area contributed by atoms with Crippen molar-refractivity contribution in [2.45, 2.75) is 85.5 Å². The molecule has 0 amide bonds. The van der Waals surface area contributed by atoms with Crippen LogP contribution in [-0.4, -0.2) is 19.2 Å². The lowest BCUT2D eigenvalue weighted by Gasteiger charge is -2.18. The molecule has 0 fully saturated rings. The van der Waals surface area contributed by atoms with Gasteiger partial charge in [0.25, 0.3) is 0 Å². The lowest BCUT2D eigenvalue weighted by atomic mass is 9.86. The first kappa shape index (κ1) is 33.6. The van der Waals surface area contributed by atoms with E-state index in [2.05, 4.69) is 140 Å². The molecule has 0 radical (unpaired) electrons. The van der Waals surface area contributed by atoms with Crippen LogP contribution in [0.2, 0.25) is 0 Å². The summed E-state index contributed by atoms with van der Waals surface area (Å²) in [7, 11) is 0. The third-order valence-electron chi connectivity index (χ3n) is 7.49. The molecule has 0 bridgehead atoms. The largest absolute Gasteiger partial charge is 0.493 e. The highest BCUT2D eigenvalue weighted by molar-refractivity contribution is 5.86. The third kappa shape index (κ3) is 10.7. The van der Waals surface area contributed by atoms with Gasteiger partial charge in [-0.1, -0.05) is 121 Å². The molecule has 0 unspecified atom stereocenters. The van der Waals surface area contributed by atoms with Crippen molar-refractivity contribution in [2.75, 3.05) is 13.2 Å². The average molecular weight is 579 g/mol. The molecule has 3 heteroatoms. The normalized spacial score (nSPS) is 12.2. The van der Waals surface area contributed by atoms with E-state index in [1.54, 1.807) is 6.92 Å². The number of hydrogen-bond donors (Lipinski definition) is 0. The Balaban J connectivity index is 1.77. The fourth-order valence-electron chi connectivity index (χ4n) is 4.57. The summed E-state index contributed by atoms with van der Waals surface area (Å²) in [6.45, 7) is 21.8. The summed E-state index contributed by atoms with van der Waals surface area (Å²) in [5.74, 6) is 0.538. The predicted octanol–water partition coefficient (Wildman–Crippen LogP) is 10.6. The second-order valence-electron chi connectivity index (χ2n) is 13.5. The van der Waals surface area contributed by atoms with Crippen LogP contribution in [0.1, 0.15) is 107 Å². The third-order valence-corrected chi connectivity index (χ3v) is 7.49. The number of unbranched alkanes of at least 4 members (excludes halogenated alkanes) is 2. The maximum Gasteiger partial charge on any atom is 0.333 e. The van der Waals surface area contributed by atoms with E-state index in [-0.39, 0.29) is 16.8 Å². The number of carbonyl (C=O) groups is 1. The van der Waals surface area contributed by atoms with Crippen molar-refractivity contribution >= 4 is 30.3 Å². The van der Waals surface area contributed by atoms with Crippen LogP contribution < -0.4 is 4.74 Å². The Bertz CT molecular complexity index is 1420. The summed E-state index contributed by atoms with van der Waals surface area (Å²) in [4.78, 5) is 11.6. The van der Waals surface area contributed by atoms with Gasteiger partial charge < -0.3 is 9.47 Å². The van der Waals surface area contributed by atoms with Crippen LogP contribution in [0.4, 0.5) is 0 Å². The van der Waals surface area contributed by atoms with Gasteiger partial charge in [0.2, 0.25) is 0 Å². The number of hydrogen-bond acceptors (Lipinski definition) is 3. The Labute approximate surface area is 260 Å². The van der Waals surface area contributed by atoms with Crippen molar-refractivity contribution in [3.63, 3.8) is 0 Å². The van der Waals surface area contributed by atoms with E-state index in [1.807, 2.05) is 0 Å². The standard InChI is InChI=1S/C40H50O3/c1-29(2)38(41)43-26-12-10-11-25-42-37-28-33(19-13-31-15-21-35(22-16-31)39(4,5)6)30(3)27-34(37)20-14-32-17-23-36(24-18-32)40(7,8)9/h13-24,27-28H,1,10-12,25-26H2,2-9H3/b19-13+,20-14+. The van der Waals surface area contributed by atoms with Gasteiger partial charge in [0.1, 0.15) is 5.75 Å². The van der Waals surface area contributed by atoms with Gasteiger partial charge >= 0.3 is 5.97 Å². The van der Waals surface area contributed by atoms with Crippen LogP contribution in [0.5, 0.6) is 5.75 Å². The number of carbonyl (C=O) groups excluding carboxylic acids is 1. The zero-order valence-corrected chi connectivity index (χ0v) is 27.6. The van der Waals surface area contributed by atoms with Gasteiger partial charge in [0.15, 0.2) is 0 Å². The summed E-state index contributed by atoms with van der Waals surface area (Å²) >= 11 is 0. The molecule has 0 aliphatic heterocycles. The summed E-state index contributed by atoms with van der Waals surface area (Å²) in [5.41, 5.74) is 9.05. The van der Waals surface area contributed by atoms with Gasteiger partial charge in [-0.2, -0.15) is 0 Å². The zero-order valence-electron chi connectivity index (χ0n) is 27.6. The SMILES string of the molecule is C=C(C)C(=O)OCCCCCOc1cc(/C=C/c2ccc(C(C)(C)C)cc2)c(C)cc1/C=C/c1ccc(C(C)(C)C)cc1. The Hall–Kier alpha value is -3.85. The van der Waals surface area contributed by atoms with Crippen LogP contribution in [0.25, 0.3) is 24.3 Å². The Morgan fingerprint density at radius 2 is 1.19 bits per heavy atom. The van der Waals surface area contributed by atoms with Gasteiger partial charge in [0.05, 0.1) is 13.2 Å². The van der Waals surface area contributed by atoms with Crippen molar-refractivity contribution in [2.24, 2.45) is 0 Å². The molecule has 3 aromatic carbocycles. The molecule has 0 heterocycles. The Morgan fingerprint density at radius 1 is 0.698 bits per heavy atom. The molecule has 3 rings (SSSR count). The smallest absolute Gasteiger partial charge is 0.333 e. The quantitative estimate of drug-likeness (QED) is 0.0928. The summed E-state index contributed by atoms with van der Waals surface area (Å²) in [5, 5.41) is 0. The molecule has 0 saturated heterocycles. The van der Waals surface area contributed by atoms with Gasteiger partial charge in [-0.3, -0.25) is 0 Å². The van der Waals surface area contributed by atoms with Crippen LogP contribution in [0.3, 0.4) is 0 Å². The number of ether oxygens (including phenoxy) is 2. The zero-order chi connectivity index (χ0) is 31.6. The van der Waals surface area contributed by atoms with Gasteiger partial charge in [0, 0.05) is 11.1 Å². The minimum absolute atomic E-state index is 0.130. The van der Waals surface area contributed by atoms with Crippen molar-refractivity contribution < 1.29 is 14.3 Å². The molecule has 43 heavy (non-hydrogen) atoms. The van der Waals surface area contributed by atoms with E-state index in [1.165, 1.54) is 22.3 Å². The van der Waals surface area contributed by atoms with E-state index in [0.717, 1.165) is 41.7 Å². The molecule has 0 atom stereocenters. The fraction of sp³-hybridized carbons (Fsp3) is 0.375. The molecule has 0 aliphatic rings. The second-order valence-corrected chi connectivity index (χ2v) is 13.5. The Kier molecular flexibility index (Phi) is 11.8. The van der Waals surface area contributed by atoms with Crippen molar-refractivity contribution in [3.8, 4) is 5.75 Å². The molecular formula is C40H50O3. The Morgan fingerprint density at radius 3 is 1.67 bits per heavy atom. The van der Waals surface area contributed by atoms with E-state index < -0.39 is 0 Å². The monoisotopic (exact) mass is 578 g/mol. The predicted molar refractivity (Wildman–Crippen MR) is 184 cm³/mol. The minimum Gasteiger partial charge on any atom is -0.493 e. The maximum atomic E-state index is 11.6. The molecule has 0 saturated carbocycles. The average Bonchev–Trinajstić information content (AvgIpc) is 2.95. The minimum atomic E-state index is -0.328. The maximum absolute atomic E-state index is 11.6. The first-order valence-electron chi connectivity index (χ1n) is 15.4.